The highest BCUT2D eigenvalue weighted by atomic mass is 16.5. The molecule has 2 saturated heterocycles. The Kier molecular flexibility index (Phi) is 6.75. The third kappa shape index (κ3) is 4.82. The summed E-state index contributed by atoms with van der Waals surface area (Å²) in [7, 11) is 1.68. The number of rotatable bonds is 6. The molecule has 0 spiro atoms. The van der Waals surface area contributed by atoms with Crippen molar-refractivity contribution in [1.82, 2.24) is 9.80 Å². The zero-order chi connectivity index (χ0) is 19.2. The maximum absolute atomic E-state index is 13.2. The minimum Gasteiger partial charge on any atom is -0.497 e. The Morgan fingerprint density at radius 2 is 2.00 bits per heavy atom. The number of piperidine rings is 1. The molecule has 2 atom stereocenters. The lowest BCUT2D eigenvalue weighted by Gasteiger charge is -2.35. The third-order valence-electron chi connectivity index (χ3n) is 5.85. The molecule has 0 aliphatic carbocycles. The van der Waals surface area contributed by atoms with E-state index in [1.54, 1.807) is 7.11 Å². The molecule has 1 aromatic carbocycles. The first-order valence-electron chi connectivity index (χ1n) is 10.3. The smallest absolute Gasteiger partial charge is 0.227 e. The second-order valence-corrected chi connectivity index (χ2v) is 7.81. The van der Waals surface area contributed by atoms with Gasteiger partial charge in [-0.2, -0.15) is 0 Å². The summed E-state index contributed by atoms with van der Waals surface area (Å²) in [6, 6.07) is 8.38. The number of nitrogens with zero attached hydrogens (tertiary/aromatic N) is 2. The van der Waals surface area contributed by atoms with E-state index in [-0.39, 0.29) is 23.8 Å². The van der Waals surface area contributed by atoms with Crippen molar-refractivity contribution in [3.63, 3.8) is 0 Å². The molecular weight excluding hydrogens is 340 g/mol. The average Bonchev–Trinajstić information content (AvgIpc) is 3.16. The number of likely N-dealkylation sites (tertiary alicyclic amines) is 2. The summed E-state index contributed by atoms with van der Waals surface area (Å²) in [5.74, 6) is 1.27. The van der Waals surface area contributed by atoms with Crippen LogP contribution in [-0.4, -0.2) is 54.4 Å². The van der Waals surface area contributed by atoms with Crippen LogP contribution >= 0.6 is 0 Å². The van der Waals surface area contributed by atoms with Gasteiger partial charge in [-0.3, -0.25) is 9.59 Å². The monoisotopic (exact) mass is 372 g/mol. The van der Waals surface area contributed by atoms with Crippen molar-refractivity contribution < 1.29 is 14.3 Å². The first-order chi connectivity index (χ1) is 13.1. The van der Waals surface area contributed by atoms with Gasteiger partial charge in [-0.15, -0.1) is 0 Å². The highest BCUT2D eigenvalue weighted by Gasteiger charge is 2.35. The molecule has 2 aliphatic heterocycles. The highest BCUT2D eigenvalue weighted by molar-refractivity contribution is 5.82. The fraction of sp³-hybridized carbons (Fsp3) is 0.636. The van der Waals surface area contributed by atoms with Crippen LogP contribution in [0.3, 0.4) is 0 Å². The Labute approximate surface area is 162 Å². The highest BCUT2D eigenvalue weighted by Crippen LogP contribution is 2.27. The van der Waals surface area contributed by atoms with Crippen LogP contribution in [0.4, 0.5) is 0 Å². The Balaban J connectivity index is 1.63. The van der Waals surface area contributed by atoms with Crippen LogP contribution in [0.5, 0.6) is 5.75 Å². The van der Waals surface area contributed by atoms with Crippen LogP contribution in [0.2, 0.25) is 0 Å². The molecule has 5 heteroatoms. The van der Waals surface area contributed by atoms with Gasteiger partial charge >= 0.3 is 0 Å². The molecule has 3 rings (SSSR count). The van der Waals surface area contributed by atoms with Gasteiger partial charge in [0.2, 0.25) is 11.8 Å². The van der Waals surface area contributed by atoms with Crippen molar-refractivity contribution >= 4 is 11.8 Å². The number of amides is 2. The van der Waals surface area contributed by atoms with E-state index < -0.39 is 0 Å². The molecule has 0 radical (unpaired) electrons. The molecule has 0 N–H and O–H groups in total. The zero-order valence-corrected chi connectivity index (χ0v) is 16.7. The third-order valence-corrected chi connectivity index (χ3v) is 5.85. The normalized spacial score (nSPS) is 22.7. The van der Waals surface area contributed by atoms with E-state index in [0.717, 1.165) is 57.4 Å². The topological polar surface area (TPSA) is 49.9 Å². The Morgan fingerprint density at radius 1 is 1.19 bits per heavy atom. The molecule has 5 nitrogen and oxygen atoms in total. The number of hydrogen-bond acceptors (Lipinski definition) is 3. The maximum atomic E-state index is 13.2. The predicted octanol–water partition coefficient (Wildman–Crippen LogP) is 3.27. The molecule has 27 heavy (non-hydrogen) atoms. The summed E-state index contributed by atoms with van der Waals surface area (Å²) in [6.45, 7) is 4.26. The van der Waals surface area contributed by atoms with E-state index in [1.165, 1.54) is 5.56 Å². The van der Waals surface area contributed by atoms with Crippen LogP contribution in [0.1, 0.15) is 51.0 Å². The SMILES string of the molecule is CCCC(=O)N1CCCC(C(=O)N2CCCC2Cc2cccc(OC)c2)C1. The van der Waals surface area contributed by atoms with Gasteiger partial charge in [-0.05, 0) is 56.2 Å². The van der Waals surface area contributed by atoms with Crippen molar-refractivity contribution in [2.45, 2.75) is 57.9 Å². The molecule has 0 aromatic heterocycles. The molecule has 148 valence electrons. The molecule has 2 fully saturated rings. The molecule has 0 bridgehead atoms. The van der Waals surface area contributed by atoms with E-state index >= 15 is 0 Å². The van der Waals surface area contributed by atoms with Crippen LogP contribution in [0.15, 0.2) is 24.3 Å². The summed E-state index contributed by atoms with van der Waals surface area (Å²) in [4.78, 5) is 29.4. The van der Waals surface area contributed by atoms with Crippen LogP contribution in [-0.2, 0) is 16.0 Å². The summed E-state index contributed by atoms with van der Waals surface area (Å²) in [5, 5.41) is 0. The molecule has 0 saturated carbocycles. The van der Waals surface area contributed by atoms with Crippen molar-refractivity contribution in [2.75, 3.05) is 26.7 Å². The lowest BCUT2D eigenvalue weighted by molar-refractivity contribution is -0.141. The second kappa shape index (κ2) is 9.25. The van der Waals surface area contributed by atoms with E-state index in [4.69, 9.17) is 4.74 Å². The van der Waals surface area contributed by atoms with E-state index in [0.29, 0.717) is 13.0 Å². The van der Waals surface area contributed by atoms with Crippen molar-refractivity contribution in [2.24, 2.45) is 5.92 Å². The summed E-state index contributed by atoms with van der Waals surface area (Å²) < 4.78 is 5.32. The molecule has 2 heterocycles. The number of hydrogen-bond donors (Lipinski definition) is 0. The standard InChI is InChI=1S/C22H32N2O3/c1-3-7-21(25)23-12-5-9-18(16-23)22(26)24-13-6-10-19(24)14-17-8-4-11-20(15-17)27-2/h4,8,11,15,18-19H,3,5-7,9-10,12-14,16H2,1-2H3. The van der Waals surface area contributed by atoms with Gasteiger partial charge in [0.25, 0.3) is 0 Å². The second-order valence-electron chi connectivity index (χ2n) is 7.81. The van der Waals surface area contributed by atoms with Crippen molar-refractivity contribution in [3.8, 4) is 5.75 Å². The number of benzene rings is 1. The number of methoxy groups -OCH3 is 1. The van der Waals surface area contributed by atoms with E-state index in [2.05, 4.69) is 17.0 Å². The largest absolute Gasteiger partial charge is 0.497 e. The van der Waals surface area contributed by atoms with E-state index in [9.17, 15) is 9.59 Å². The lowest BCUT2D eigenvalue weighted by Crippen LogP contribution is -2.48. The quantitative estimate of drug-likeness (QED) is 0.770. The van der Waals surface area contributed by atoms with Crippen molar-refractivity contribution in [3.05, 3.63) is 29.8 Å². The molecule has 2 aliphatic rings. The number of carbonyl (C=O) groups is 2. The van der Waals surface area contributed by atoms with Crippen LogP contribution in [0.25, 0.3) is 0 Å². The zero-order valence-electron chi connectivity index (χ0n) is 16.7. The summed E-state index contributed by atoms with van der Waals surface area (Å²) in [6.07, 6.45) is 6.26. The van der Waals surface area contributed by atoms with Gasteiger partial charge in [0.05, 0.1) is 13.0 Å². The first-order valence-corrected chi connectivity index (χ1v) is 10.3. The lowest BCUT2D eigenvalue weighted by atomic mass is 9.95. The van der Waals surface area contributed by atoms with Gasteiger partial charge < -0.3 is 14.5 Å². The Morgan fingerprint density at radius 3 is 2.78 bits per heavy atom. The van der Waals surface area contributed by atoms with Gasteiger partial charge in [-0.1, -0.05) is 19.1 Å². The average molecular weight is 373 g/mol. The van der Waals surface area contributed by atoms with Crippen LogP contribution < -0.4 is 4.74 Å². The summed E-state index contributed by atoms with van der Waals surface area (Å²) >= 11 is 0. The van der Waals surface area contributed by atoms with Gasteiger partial charge in [0, 0.05) is 32.1 Å². The van der Waals surface area contributed by atoms with Crippen molar-refractivity contribution in [1.29, 1.82) is 0 Å². The minimum absolute atomic E-state index is 0.0366. The predicted molar refractivity (Wildman–Crippen MR) is 106 cm³/mol. The molecule has 2 unspecified atom stereocenters. The number of ether oxygens (including phenoxy) is 1. The fourth-order valence-electron chi connectivity index (χ4n) is 4.42. The first kappa shape index (κ1) is 19.7. The van der Waals surface area contributed by atoms with Crippen LogP contribution in [0, 0.1) is 5.92 Å². The molecular formula is C22H32N2O3. The molecule has 2 amide bonds. The Bertz CT molecular complexity index is 661. The molecule has 1 aromatic rings. The van der Waals surface area contributed by atoms with E-state index in [1.807, 2.05) is 24.0 Å². The fourth-order valence-corrected chi connectivity index (χ4v) is 4.42. The minimum atomic E-state index is -0.0366. The van der Waals surface area contributed by atoms with Gasteiger partial charge in [-0.25, -0.2) is 0 Å². The summed E-state index contributed by atoms with van der Waals surface area (Å²) in [5.41, 5.74) is 1.21. The van der Waals surface area contributed by atoms with Gasteiger partial charge in [0.15, 0.2) is 0 Å². The maximum Gasteiger partial charge on any atom is 0.227 e. The Hall–Kier alpha value is -2.04. The number of carbonyl (C=O) groups excluding carboxylic acids is 2. The van der Waals surface area contributed by atoms with Gasteiger partial charge in [0.1, 0.15) is 5.75 Å².